The molecule has 1 heteroatoms. The fraction of sp³-hybridized carbons (Fsp3) is 0.684. The lowest BCUT2D eigenvalue weighted by Gasteiger charge is -2.25. The quantitative estimate of drug-likeness (QED) is 0.432. The SMILES string of the molecule is CCC(C)(C)c1ccc(C(Cl)C2CCCCCC2)cc1. The van der Waals surface area contributed by atoms with Crippen LogP contribution < -0.4 is 0 Å². The van der Waals surface area contributed by atoms with E-state index in [-0.39, 0.29) is 10.8 Å². The molecule has 0 saturated heterocycles. The Hall–Kier alpha value is -0.490. The molecule has 0 aromatic heterocycles. The Morgan fingerprint density at radius 2 is 1.60 bits per heavy atom. The molecule has 1 aromatic rings. The Bertz CT molecular complexity index is 396. The molecule has 0 amide bonds. The van der Waals surface area contributed by atoms with E-state index >= 15 is 0 Å². The molecule has 1 unspecified atom stereocenters. The lowest BCUT2D eigenvalue weighted by molar-refractivity contribution is 0.444. The first-order valence-electron chi connectivity index (χ1n) is 8.29. The van der Waals surface area contributed by atoms with Crippen LogP contribution in [0.4, 0.5) is 0 Å². The van der Waals surface area contributed by atoms with Crippen molar-refractivity contribution >= 4 is 11.6 Å². The molecular weight excluding hydrogens is 264 g/mol. The summed E-state index contributed by atoms with van der Waals surface area (Å²) in [7, 11) is 0. The molecule has 1 aliphatic rings. The van der Waals surface area contributed by atoms with Crippen LogP contribution in [0.5, 0.6) is 0 Å². The Morgan fingerprint density at radius 3 is 2.10 bits per heavy atom. The van der Waals surface area contributed by atoms with Gasteiger partial charge in [0.05, 0.1) is 5.38 Å². The molecule has 1 fully saturated rings. The highest BCUT2D eigenvalue weighted by Crippen LogP contribution is 2.38. The predicted molar refractivity (Wildman–Crippen MR) is 89.5 cm³/mol. The van der Waals surface area contributed by atoms with E-state index < -0.39 is 0 Å². The van der Waals surface area contributed by atoms with Crippen molar-refractivity contribution in [3.8, 4) is 0 Å². The lowest BCUT2D eigenvalue weighted by Crippen LogP contribution is -2.15. The molecule has 0 aliphatic heterocycles. The van der Waals surface area contributed by atoms with E-state index in [1.54, 1.807) is 0 Å². The van der Waals surface area contributed by atoms with Gasteiger partial charge in [0.25, 0.3) is 0 Å². The molecule has 0 heterocycles. The summed E-state index contributed by atoms with van der Waals surface area (Å²) in [5, 5.41) is 0.201. The zero-order valence-corrected chi connectivity index (χ0v) is 14.0. The molecule has 0 radical (unpaired) electrons. The number of benzene rings is 1. The molecule has 1 aliphatic carbocycles. The molecule has 0 N–H and O–H groups in total. The first-order chi connectivity index (χ1) is 9.54. The summed E-state index contributed by atoms with van der Waals surface area (Å²) >= 11 is 6.76. The highest BCUT2D eigenvalue weighted by molar-refractivity contribution is 6.21. The summed E-state index contributed by atoms with van der Waals surface area (Å²) in [6.45, 7) is 6.88. The van der Waals surface area contributed by atoms with Crippen LogP contribution in [0.2, 0.25) is 0 Å². The van der Waals surface area contributed by atoms with E-state index in [0.29, 0.717) is 5.92 Å². The third-order valence-corrected chi connectivity index (χ3v) is 5.82. The van der Waals surface area contributed by atoms with E-state index in [4.69, 9.17) is 11.6 Å². The maximum atomic E-state index is 6.76. The number of halogens is 1. The van der Waals surface area contributed by atoms with Gasteiger partial charge in [-0.05, 0) is 41.7 Å². The van der Waals surface area contributed by atoms with Crippen molar-refractivity contribution in [2.45, 2.75) is 76.5 Å². The van der Waals surface area contributed by atoms with Crippen LogP contribution in [-0.4, -0.2) is 0 Å². The van der Waals surface area contributed by atoms with Gasteiger partial charge in [-0.25, -0.2) is 0 Å². The van der Waals surface area contributed by atoms with Crippen LogP contribution in [0, 0.1) is 5.92 Å². The third kappa shape index (κ3) is 3.79. The molecule has 2 rings (SSSR count). The molecule has 20 heavy (non-hydrogen) atoms. The zero-order valence-electron chi connectivity index (χ0n) is 13.3. The maximum Gasteiger partial charge on any atom is 0.0613 e. The first-order valence-corrected chi connectivity index (χ1v) is 8.73. The largest absolute Gasteiger partial charge is 0.118 e. The highest BCUT2D eigenvalue weighted by Gasteiger charge is 2.23. The summed E-state index contributed by atoms with van der Waals surface area (Å²) in [4.78, 5) is 0. The third-order valence-electron chi connectivity index (χ3n) is 5.21. The van der Waals surface area contributed by atoms with E-state index in [2.05, 4.69) is 45.0 Å². The fourth-order valence-corrected chi connectivity index (χ4v) is 3.60. The second-order valence-corrected chi connectivity index (χ2v) is 7.48. The van der Waals surface area contributed by atoms with Gasteiger partial charge in [0.15, 0.2) is 0 Å². The van der Waals surface area contributed by atoms with Gasteiger partial charge < -0.3 is 0 Å². The van der Waals surface area contributed by atoms with E-state index in [9.17, 15) is 0 Å². The minimum Gasteiger partial charge on any atom is -0.118 e. The molecular formula is C19H29Cl. The van der Waals surface area contributed by atoms with Gasteiger partial charge in [-0.15, -0.1) is 11.6 Å². The van der Waals surface area contributed by atoms with Crippen molar-refractivity contribution < 1.29 is 0 Å². The first kappa shape index (κ1) is 15.9. The van der Waals surface area contributed by atoms with Crippen LogP contribution in [0.3, 0.4) is 0 Å². The van der Waals surface area contributed by atoms with E-state index in [0.717, 1.165) is 0 Å². The Balaban J connectivity index is 2.08. The van der Waals surface area contributed by atoms with Gasteiger partial charge in [0.1, 0.15) is 0 Å². The maximum absolute atomic E-state index is 6.76. The topological polar surface area (TPSA) is 0 Å². The number of rotatable bonds is 4. The molecule has 0 bridgehead atoms. The highest BCUT2D eigenvalue weighted by atomic mass is 35.5. The number of hydrogen-bond donors (Lipinski definition) is 0. The summed E-state index contributed by atoms with van der Waals surface area (Å²) in [5.41, 5.74) is 3.01. The molecule has 112 valence electrons. The minimum absolute atomic E-state index is 0.201. The minimum atomic E-state index is 0.201. The second-order valence-electron chi connectivity index (χ2n) is 7.01. The monoisotopic (exact) mass is 292 g/mol. The van der Waals surface area contributed by atoms with Crippen molar-refractivity contribution in [2.75, 3.05) is 0 Å². The van der Waals surface area contributed by atoms with Crippen molar-refractivity contribution in [3.63, 3.8) is 0 Å². The summed E-state index contributed by atoms with van der Waals surface area (Å²) in [6.07, 6.45) is 9.27. The van der Waals surface area contributed by atoms with Crippen LogP contribution in [0.25, 0.3) is 0 Å². The predicted octanol–water partition coefficient (Wildman–Crippen LogP) is 6.62. The van der Waals surface area contributed by atoms with Gasteiger partial charge in [-0.3, -0.25) is 0 Å². The molecule has 0 nitrogen and oxygen atoms in total. The summed E-state index contributed by atoms with van der Waals surface area (Å²) in [6, 6.07) is 9.08. The fourth-order valence-electron chi connectivity index (χ4n) is 3.20. The Kier molecular flexibility index (Phi) is 5.55. The normalized spacial score (nSPS) is 19.6. The van der Waals surface area contributed by atoms with Crippen molar-refractivity contribution in [1.29, 1.82) is 0 Å². The van der Waals surface area contributed by atoms with E-state index in [1.165, 1.54) is 56.1 Å². The van der Waals surface area contributed by atoms with Crippen LogP contribution in [0.1, 0.15) is 82.2 Å². The van der Waals surface area contributed by atoms with Gasteiger partial charge in [0.2, 0.25) is 0 Å². The van der Waals surface area contributed by atoms with Crippen LogP contribution >= 0.6 is 11.6 Å². The molecule has 1 aromatic carbocycles. The lowest BCUT2D eigenvalue weighted by atomic mass is 9.81. The summed E-state index contributed by atoms with van der Waals surface area (Å²) in [5.74, 6) is 0.671. The standard InChI is InChI=1S/C19H29Cl/c1-4-19(2,3)17-13-11-16(12-14-17)18(20)15-9-7-5-6-8-10-15/h11-15,18H,4-10H2,1-3H3. The Morgan fingerprint density at radius 1 is 1.05 bits per heavy atom. The van der Waals surface area contributed by atoms with Gasteiger partial charge >= 0.3 is 0 Å². The average Bonchev–Trinajstić information content (AvgIpc) is 2.75. The Labute approximate surface area is 129 Å². The van der Waals surface area contributed by atoms with Crippen molar-refractivity contribution in [2.24, 2.45) is 5.92 Å². The van der Waals surface area contributed by atoms with Gasteiger partial charge in [-0.2, -0.15) is 0 Å². The van der Waals surface area contributed by atoms with Crippen LogP contribution in [0.15, 0.2) is 24.3 Å². The smallest absolute Gasteiger partial charge is 0.0613 e. The van der Waals surface area contributed by atoms with Crippen LogP contribution in [-0.2, 0) is 5.41 Å². The van der Waals surface area contributed by atoms with Gasteiger partial charge in [-0.1, -0.05) is 70.7 Å². The molecule has 0 spiro atoms. The van der Waals surface area contributed by atoms with E-state index in [1.807, 2.05) is 0 Å². The summed E-state index contributed by atoms with van der Waals surface area (Å²) < 4.78 is 0. The number of alkyl halides is 1. The average molecular weight is 293 g/mol. The van der Waals surface area contributed by atoms with Gasteiger partial charge in [0, 0.05) is 0 Å². The molecule has 1 saturated carbocycles. The van der Waals surface area contributed by atoms with Crippen molar-refractivity contribution in [1.82, 2.24) is 0 Å². The zero-order chi connectivity index (χ0) is 14.6. The van der Waals surface area contributed by atoms with Crippen molar-refractivity contribution in [3.05, 3.63) is 35.4 Å². The molecule has 1 atom stereocenters. The second kappa shape index (κ2) is 6.98. The number of hydrogen-bond acceptors (Lipinski definition) is 0.